The first kappa shape index (κ1) is 15.6. The third-order valence-electron chi connectivity index (χ3n) is 3.82. The van der Waals surface area contributed by atoms with Gasteiger partial charge in [-0.3, -0.25) is 4.79 Å². The molecule has 2 N–H and O–H groups in total. The van der Waals surface area contributed by atoms with Gasteiger partial charge in [0.05, 0.1) is 16.2 Å². The Morgan fingerprint density at radius 3 is 2.90 bits per heavy atom. The van der Waals surface area contributed by atoms with E-state index in [9.17, 15) is 9.90 Å². The summed E-state index contributed by atoms with van der Waals surface area (Å²) in [5.41, 5.74) is -0.421. The predicted molar refractivity (Wildman–Crippen MR) is 81.4 cm³/mol. The molecule has 1 aromatic carbocycles. The Kier molecular flexibility index (Phi) is 4.95. The smallest absolute Gasteiger partial charge is 0.252 e. The van der Waals surface area contributed by atoms with Crippen LogP contribution in [0.25, 0.3) is 0 Å². The molecule has 1 saturated carbocycles. The maximum atomic E-state index is 12.1. The monoisotopic (exact) mass is 315 g/mol. The molecule has 0 heterocycles. The molecule has 3 nitrogen and oxygen atoms in total. The first-order chi connectivity index (χ1) is 9.39. The van der Waals surface area contributed by atoms with Gasteiger partial charge < -0.3 is 10.4 Å². The summed E-state index contributed by atoms with van der Waals surface area (Å²) in [7, 11) is 0. The third-order valence-corrected chi connectivity index (χ3v) is 4.37. The Morgan fingerprint density at radius 2 is 2.25 bits per heavy atom. The van der Waals surface area contributed by atoms with Crippen LogP contribution in [0, 0.1) is 5.92 Å². The minimum Gasteiger partial charge on any atom is -0.388 e. The summed E-state index contributed by atoms with van der Waals surface area (Å²) in [6.45, 7) is 2.39. The van der Waals surface area contributed by atoms with Gasteiger partial charge in [0.2, 0.25) is 0 Å². The molecule has 1 aromatic rings. The summed E-state index contributed by atoms with van der Waals surface area (Å²) in [4.78, 5) is 12.1. The minimum atomic E-state index is -0.799. The van der Waals surface area contributed by atoms with Crippen LogP contribution in [0.1, 0.15) is 43.0 Å². The zero-order valence-corrected chi connectivity index (χ0v) is 13.0. The Labute approximate surface area is 129 Å². The van der Waals surface area contributed by atoms with E-state index in [1.165, 1.54) is 6.07 Å². The Bertz CT molecular complexity index is 507. The van der Waals surface area contributed by atoms with Gasteiger partial charge in [0.15, 0.2) is 0 Å². The van der Waals surface area contributed by atoms with E-state index < -0.39 is 5.60 Å². The van der Waals surface area contributed by atoms with Crippen molar-refractivity contribution in [3.8, 4) is 0 Å². The number of hydrogen-bond acceptors (Lipinski definition) is 2. The number of nitrogens with one attached hydrogen (secondary N) is 1. The quantitative estimate of drug-likeness (QED) is 0.894. The van der Waals surface area contributed by atoms with Gasteiger partial charge in [0.1, 0.15) is 0 Å². The summed E-state index contributed by atoms with van der Waals surface area (Å²) in [5.74, 6) is 0.211. The molecular formula is C15H19Cl2NO2. The van der Waals surface area contributed by atoms with Gasteiger partial charge in [0, 0.05) is 11.6 Å². The van der Waals surface area contributed by atoms with Crippen LogP contribution in [0.5, 0.6) is 0 Å². The molecule has 2 unspecified atom stereocenters. The van der Waals surface area contributed by atoms with E-state index in [4.69, 9.17) is 23.2 Å². The summed E-state index contributed by atoms with van der Waals surface area (Å²) in [6, 6.07) is 4.75. The van der Waals surface area contributed by atoms with Crippen molar-refractivity contribution >= 4 is 29.1 Å². The van der Waals surface area contributed by atoms with Crippen LogP contribution < -0.4 is 5.32 Å². The van der Waals surface area contributed by atoms with Gasteiger partial charge in [0.25, 0.3) is 5.91 Å². The van der Waals surface area contributed by atoms with Crippen LogP contribution >= 0.6 is 23.2 Å². The molecule has 0 spiro atoms. The van der Waals surface area contributed by atoms with Gasteiger partial charge in [-0.2, -0.15) is 0 Å². The maximum Gasteiger partial charge on any atom is 0.252 e. The highest BCUT2D eigenvalue weighted by molar-refractivity contribution is 6.36. The Hall–Kier alpha value is -0.770. The van der Waals surface area contributed by atoms with Crippen molar-refractivity contribution in [3.05, 3.63) is 33.8 Å². The number of carbonyl (C=O) groups excluding carboxylic acids is 1. The molecule has 0 aromatic heterocycles. The van der Waals surface area contributed by atoms with Gasteiger partial charge in [-0.1, -0.05) is 43.0 Å². The molecule has 20 heavy (non-hydrogen) atoms. The van der Waals surface area contributed by atoms with Gasteiger partial charge in [-0.05, 0) is 37.0 Å². The van der Waals surface area contributed by atoms with Crippen LogP contribution in [-0.2, 0) is 0 Å². The molecule has 1 aliphatic rings. The molecule has 1 amide bonds. The SMILES string of the molecule is CC1CCCC(O)(CNC(=O)c2ccc(Cl)cc2Cl)C1. The number of aliphatic hydroxyl groups is 1. The normalized spacial score (nSPS) is 26.3. The molecule has 5 heteroatoms. The van der Waals surface area contributed by atoms with E-state index in [-0.39, 0.29) is 12.5 Å². The van der Waals surface area contributed by atoms with Gasteiger partial charge in [-0.15, -0.1) is 0 Å². The molecule has 0 saturated heterocycles. The highest BCUT2D eigenvalue weighted by Gasteiger charge is 2.33. The lowest BCUT2D eigenvalue weighted by atomic mass is 9.79. The Balaban J connectivity index is 1.98. The first-order valence-electron chi connectivity index (χ1n) is 6.85. The molecule has 0 radical (unpaired) electrons. The van der Waals surface area contributed by atoms with E-state index in [1.807, 2.05) is 0 Å². The van der Waals surface area contributed by atoms with Crippen molar-refractivity contribution in [2.75, 3.05) is 6.54 Å². The fourth-order valence-corrected chi connectivity index (χ4v) is 3.30. The maximum absolute atomic E-state index is 12.1. The highest BCUT2D eigenvalue weighted by atomic mass is 35.5. The summed E-state index contributed by atoms with van der Waals surface area (Å²) >= 11 is 11.8. The van der Waals surface area contributed by atoms with E-state index in [2.05, 4.69) is 12.2 Å². The van der Waals surface area contributed by atoms with Crippen LogP contribution in [0.3, 0.4) is 0 Å². The van der Waals surface area contributed by atoms with Crippen LogP contribution in [0.2, 0.25) is 10.0 Å². The molecule has 1 aliphatic carbocycles. The van der Waals surface area contributed by atoms with Crippen molar-refractivity contribution in [1.82, 2.24) is 5.32 Å². The van der Waals surface area contributed by atoms with E-state index in [1.54, 1.807) is 12.1 Å². The minimum absolute atomic E-state index is 0.259. The molecular weight excluding hydrogens is 297 g/mol. The average molecular weight is 316 g/mol. The topological polar surface area (TPSA) is 49.3 Å². The van der Waals surface area contributed by atoms with Crippen molar-refractivity contribution in [2.45, 2.75) is 38.2 Å². The zero-order valence-electron chi connectivity index (χ0n) is 11.5. The van der Waals surface area contributed by atoms with Crippen LogP contribution in [0.4, 0.5) is 0 Å². The molecule has 0 bridgehead atoms. The molecule has 2 atom stereocenters. The third kappa shape index (κ3) is 3.87. The van der Waals surface area contributed by atoms with E-state index >= 15 is 0 Å². The number of hydrogen-bond donors (Lipinski definition) is 2. The first-order valence-corrected chi connectivity index (χ1v) is 7.61. The predicted octanol–water partition coefficient (Wildman–Crippen LogP) is 3.66. The van der Waals surface area contributed by atoms with Crippen molar-refractivity contribution < 1.29 is 9.90 Å². The highest BCUT2D eigenvalue weighted by Crippen LogP contribution is 2.31. The second kappa shape index (κ2) is 6.33. The van der Waals surface area contributed by atoms with Crippen molar-refractivity contribution in [1.29, 1.82) is 0 Å². The number of halogens is 2. The summed E-state index contributed by atoms with van der Waals surface area (Å²) < 4.78 is 0. The standard InChI is InChI=1S/C15H19Cl2NO2/c1-10-3-2-6-15(20,8-10)9-18-14(19)12-5-4-11(16)7-13(12)17/h4-5,7,10,20H,2-3,6,8-9H2,1H3,(H,18,19). The molecule has 1 fully saturated rings. The van der Waals surface area contributed by atoms with Crippen LogP contribution in [-0.4, -0.2) is 23.2 Å². The van der Waals surface area contributed by atoms with Crippen molar-refractivity contribution in [2.24, 2.45) is 5.92 Å². The van der Waals surface area contributed by atoms with Crippen molar-refractivity contribution in [3.63, 3.8) is 0 Å². The molecule has 110 valence electrons. The molecule has 2 rings (SSSR count). The average Bonchev–Trinajstić information content (AvgIpc) is 2.36. The number of carbonyl (C=O) groups is 1. The summed E-state index contributed by atoms with van der Waals surface area (Å²) in [6.07, 6.45) is 3.59. The summed E-state index contributed by atoms with van der Waals surface area (Å²) in [5, 5.41) is 14.1. The Morgan fingerprint density at radius 1 is 1.50 bits per heavy atom. The number of rotatable bonds is 3. The molecule has 0 aliphatic heterocycles. The number of amides is 1. The largest absolute Gasteiger partial charge is 0.388 e. The van der Waals surface area contributed by atoms with Gasteiger partial charge >= 0.3 is 0 Å². The fourth-order valence-electron chi connectivity index (χ4n) is 2.81. The van der Waals surface area contributed by atoms with Crippen LogP contribution in [0.15, 0.2) is 18.2 Å². The van der Waals surface area contributed by atoms with E-state index in [0.717, 1.165) is 25.7 Å². The fraction of sp³-hybridized carbons (Fsp3) is 0.533. The second-order valence-electron chi connectivity index (χ2n) is 5.73. The van der Waals surface area contributed by atoms with E-state index in [0.29, 0.717) is 21.5 Å². The lowest BCUT2D eigenvalue weighted by Crippen LogP contribution is -2.45. The second-order valence-corrected chi connectivity index (χ2v) is 6.58. The number of benzene rings is 1. The lowest BCUT2D eigenvalue weighted by molar-refractivity contribution is -0.0109. The zero-order chi connectivity index (χ0) is 14.8. The van der Waals surface area contributed by atoms with Gasteiger partial charge in [-0.25, -0.2) is 0 Å². The lowest BCUT2D eigenvalue weighted by Gasteiger charge is -2.35.